The third kappa shape index (κ3) is 2.75. The Morgan fingerprint density at radius 1 is 1.04 bits per heavy atom. The van der Waals surface area contributed by atoms with Crippen LogP contribution in [0.2, 0.25) is 0 Å². The second-order valence-electron chi connectivity index (χ2n) is 6.26. The molecule has 24 heavy (non-hydrogen) atoms. The van der Waals surface area contributed by atoms with E-state index in [-0.39, 0.29) is 0 Å². The molecule has 0 spiro atoms. The zero-order valence-corrected chi connectivity index (χ0v) is 13.7. The van der Waals surface area contributed by atoms with Crippen molar-refractivity contribution in [1.29, 1.82) is 0 Å². The average Bonchev–Trinajstić information content (AvgIpc) is 2.62. The number of aryl methyl sites for hydroxylation is 1. The summed E-state index contributed by atoms with van der Waals surface area (Å²) < 4.78 is 0. The Morgan fingerprint density at radius 2 is 1.88 bits per heavy atom. The molecule has 122 valence electrons. The molecule has 4 rings (SSSR count). The predicted octanol–water partition coefficient (Wildman–Crippen LogP) is 2.69. The highest BCUT2D eigenvalue weighted by molar-refractivity contribution is 5.84. The molecule has 3 aromatic rings. The van der Waals surface area contributed by atoms with Crippen molar-refractivity contribution in [2.75, 3.05) is 23.7 Å². The Bertz CT molecular complexity index is 870. The lowest BCUT2D eigenvalue weighted by atomic mass is 9.93. The van der Waals surface area contributed by atoms with Crippen LogP contribution in [0, 0.1) is 6.92 Å². The highest BCUT2D eigenvalue weighted by atomic mass is 15.2. The Labute approximate surface area is 140 Å². The van der Waals surface area contributed by atoms with Crippen LogP contribution in [0.3, 0.4) is 0 Å². The number of aromatic nitrogens is 4. The lowest BCUT2D eigenvalue weighted by Crippen LogP contribution is -2.33. The molecule has 0 aromatic carbocycles. The van der Waals surface area contributed by atoms with Gasteiger partial charge in [0.05, 0.1) is 5.52 Å². The maximum Gasteiger partial charge on any atom is 0.153 e. The first-order chi connectivity index (χ1) is 11.7. The van der Waals surface area contributed by atoms with Crippen molar-refractivity contribution in [3.63, 3.8) is 0 Å². The fourth-order valence-electron chi connectivity index (χ4n) is 3.32. The lowest BCUT2D eigenvalue weighted by Gasteiger charge is -2.32. The molecule has 0 unspecified atom stereocenters. The third-order valence-electron chi connectivity index (χ3n) is 4.64. The summed E-state index contributed by atoms with van der Waals surface area (Å²) in [6.45, 7) is 3.98. The molecule has 0 radical (unpaired) electrons. The molecule has 1 aliphatic rings. The highest BCUT2D eigenvalue weighted by Gasteiger charge is 2.22. The summed E-state index contributed by atoms with van der Waals surface area (Å²) in [7, 11) is 0. The molecule has 3 aromatic heterocycles. The average molecular weight is 320 g/mol. The Hall–Kier alpha value is -2.76. The summed E-state index contributed by atoms with van der Waals surface area (Å²) in [5.74, 6) is 1.90. The van der Waals surface area contributed by atoms with Crippen molar-refractivity contribution in [2.24, 2.45) is 0 Å². The van der Waals surface area contributed by atoms with Crippen molar-refractivity contribution in [2.45, 2.75) is 25.7 Å². The van der Waals surface area contributed by atoms with Gasteiger partial charge < -0.3 is 10.6 Å². The minimum absolute atomic E-state index is 0.431. The summed E-state index contributed by atoms with van der Waals surface area (Å²) in [5, 5.41) is 0. The second kappa shape index (κ2) is 6.03. The number of pyridine rings is 2. The molecular weight excluding hydrogens is 300 g/mol. The van der Waals surface area contributed by atoms with Crippen LogP contribution in [0.1, 0.15) is 30.1 Å². The van der Waals surface area contributed by atoms with E-state index in [0.717, 1.165) is 43.0 Å². The number of nitrogen functional groups attached to an aromatic ring is 1. The van der Waals surface area contributed by atoms with E-state index in [9.17, 15) is 0 Å². The van der Waals surface area contributed by atoms with Gasteiger partial charge in [0, 0.05) is 30.4 Å². The van der Waals surface area contributed by atoms with Gasteiger partial charge >= 0.3 is 0 Å². The Balaban J connectivity index is 1.52. The molecule has 6 nitrogen and oxygen atoms in total. The largest absolute Gasteiger partial charge is 0.382 e. The number of piperidine rings is 1. The molecule has 0 atom stereocenters. The minimum Gasteiger partial charge on any atom is -0.382 e. The number of hydrogen-bond donors (Lipinski definition) is 1. The van der Waals surface area contributed by atoms with Gasteiger partial charge in [-0.3, -0.25) is 4.98 Å². The smallest absolute Gasteiger partial charge is 0.153 e. The van der Waals surface area contributed by atoms with Gasteiger partial charge in [-0.15, -0.1) is 0 Å². The third-order valence-corrected chi connectivity index (χ3v) is 4.64. The standard InChI is InChI=1S/C18H20N6/c1-12-3-2-4-14(22-12)13-7-9-24(10-8-13)16-6-5-15-17(23-16)18(19)21-11-20-15/h2-6,11,13H,7-10H2,1H3,(H2,19,20,21). The molecule has 1 aliphatic heterocycles. The maximum absolute atomic E-state index is 5.93. The predicted molar refractivity (Wildman–Crippen MR) is 94.9 cm³/mol. The van der Waals surface area contributed by atoms with E-state index in [1.54, 1.807) is 0 Å². The van der Waals surface area contributed by atoms with Gasteiger partial charge in [0.15, 0.2) is 5.82 Å². The van der Waals surface area contributed by atoms with Crippen LogP contribution >= 0.6 is 0 Å². The summed E-state index contributed by atoms with van der Waals surface area (Å²) in [5.41, 5.74) is 9.68. The van der Waals surface area contributed by atoms with E-state index in [2.05, 4.69) is 37.0 Å². The zero-order chi connectivity index (χ0) is 16.5. The van der Waals surface area contributed by atoms with Crippen molar-refractivity contribution in [3.8, 4) is 0 Å². The number of anilines is 2. The highest BCUT2D eigenvalue weighted by Crippen LogP contribution is 2.29. The molecule has 4 heterocycles. The van der Waals surface area contributed by atoms with Crippen molar-refractivity contribution in [1.82, 2.24) is 19.9 Å². The number of nitrogens with zero attached hydrogens (tertiary/aromatic N) is 5. The van der Waals surface area contributed by atoms with E-state index in [1.165, 1.54) is 12.0 Å². The molecule has 6 heteroatoms. The molecular formula is C18H20N6. The van der Waals surface area contributed by atoms with E-state index in [4.69, 9.17) is 5.73 Å². The van der Waals surface area contributed by atoms with Crippen LogP contribution < -0.4 is 10.6 Å². The molecule has 0 aliphatic carbocycles. The Morgan fingerprint density at radius 3 is 2.67 bits per heavy atom. The summed E-state index contributed by atoms with van der Waals surface area (Å²) in [6, 6.07) is 10.3. The molecule has 1 fully saturated rings. The quantitative estimate of drug-likeness (QED) is 0.782. The molecule has 0 amide bonds. The van der Waals surface area contributed by atoms with Gasteiger partial charge in [-0.2, -0.15) is 0 Å². The van der Waals surface area contributed by atoms with Crippen LogP contribution in [0.15, 0.2) is 36.7 Å². The zero-order valence-electron chi connectivity index (χ0n) is 13.7. The number of fused-ring (bicyclic) bond motifs is 1. The minimum atomic E-state index is 0.431. The van der Waals surface area contributed by atoms with Crippen LogP contribution in [0.25, 0.3) is 11.0 Å². The SMILES string of the molecule is Cc1cccc(C2CCN(c3ccc4ncnc(N)c4n3)CC2)n1. The van der Waals surface area contributed by atoms with Gasteiger partial charge in [0.2, 0.25) is 0 Å². The molecule has 0 bridgehead atoms. The van der Waals surface area contributed by atoms with Gasteiger partial charge in [0.25, 0.3) is 0 Å². The fourth-order valence-corrected chi connectivity index (χ4v) is 3.32. The van der Waals surface area contributed by atoms with Crippen LogP contribution in [-0.2, 0) is 0 Å². The molecule has 2 N–H and O–H groups in total. The summed E-state index contributed by atoms with van der Waals surface area (Å²) in [4.78, 5) is 19.9. The van der Waals surface area contributed by atoms with Crippen molar-refractivity contribution in [3.05, 3.63) is 48.0 Å². The van der Waals surface area contributed by atoms with E-state index >= 15 is 0 Å². The molecule has 1 saturated heterocycles. The maximum atomic E-state index is 5.93. The first-order valence-electron chi connectivity index (χ1n) is 8.26. The van der Waals surface area contributed by atoms with Crippen molar-refractivity contribution >= 4 is 22.7 Å². The first kappa shape index (κ1) is 14.8. The number of rotatable bonds is 2. The monoisotopic (exact) mass is 320 g/mol. The fraction of sp³-hybridized carbons (Fsp3) is 0.333. The van der Waals surface area contributed by atoms with Crippen LogP contribution in [-0.4, -0.2) is 33.0 Å². The van der Waals surface area contributed by atoms with E-state index in [1.807, 2.05) is 25.1 Å². The van der Waals surface area contributed by atoms with E-state index < -0.39 is 0 Å². The second-order valence-corrected chi connectivity index (χ2v) is 6.26. The van der Waals surface area contributed by atoms with Gasteiger partial charge in [-0.05, 0) is 44.0 Å². The van der Waals surface area contributed by atoms with Gasteiger partial charge in [0.1, 0.15) is 17.7 Å². The van der Waals surface area contributed by atoms with Crippen molar-refractivity contribution < 1.29 is 0 Å². The van der Waals surface area contributed by atoms with Gasteiger partial charge in [-0.25, -0.2) is 15.0 Å². The summed E-state index contributed by atoms with van der Waals surface area (Å²) >= 11 is 0. The van der Waals surface area contributed by atoms with Crippen LogP contribution in [0.5, 0.6) is 0 Å². The van der Waals surface area contributed by atoms with Crippen LogP contribution in [0.4, 0.5) is 11.6 Å². The van der Waals surface area contributed by atoms with Gasteiger partial charge in [-0.1, -0.05) is 6.07 Å². The number of hydrogen-bond acceptors (Lipinski definition) is 6. The van der Waals surface area contributed by atoms with E-state index in [0.29, 0.717) is 17.3 Å². The number of nitrogens with two attached hydrogens (primary N) is 1. The Kier molecular flexibility index (Phi) is 3.72. The lowest BCUT2D eigenvalue weighted by molar-refractivity contribution is 0.493. The summed E-state index contributed by atoms with van der Waals surface area (Å²) in [6.07, 6.45) is 3.63. The first-order valence-corrected chi connectivity index (χ1v) is 8.26. The topological polar surface area (TPSA) is 80.8 Å². The normalized spacial score (nSPS) is 15.8. The molecule has 0 saturated carbocycles.